The molecule has 1 aliphatic heterocycles. The summed E-state index contributed by atoms with van der Waals surface area (Å²) in [4.78, 5) is 28.0. The lowest BCUT2D eigenvalue weighted by Crippen LogP contribution is -2.22. The molecule has 106 valence electrons. The van der Waals surface area contributed by atoms with E-state index in [2.05, 4.69) is 0 Å². The third-order valence-electron chi connectivity index (χ3n) is 3.88. The SMILES string of the molecule is O=C(O)CC(c1cccc(N2OCCC2=O)c1)C1CC1. The first-order valence-electron chi connectivity index (χ1n) is 6.93. The number of carboxylic acids is 1. The number of carbonyl (C=O) groups is 2. The Bertz CT molecular complexity index is 538. The van der Waals surface area contributed by atoms with Crippen molar-refractivity contribution in [3.8, 4) is 0 Å². The number of hydrogen-bond acceptors (Lipinski definition) is 3. The minimum atomic E-state index is -0.777. The van der Waals surface area contributed by atoms with Gasteiger partial charge in [-0.15, -0.1) is 0 Å². The topological polar surface area (TPSA) is 66.8 Å². The summed E-state index contributed by atoms with van der Waals surface area (Å²) in [5, 5.41) is 10.4. The Balaban J connectivity index is 1.85. The molecule has 0 radical (unpaired) electrons. The second-order valence-corrected chi connectivity index (χ2v) is 5.41. The zero-order valence-electron chi connectivity index (χ0n) is 11.1. The number of hydroxylamine groups is 1. The minimum absolute atomic E-state index is 0.0326. The normalized spacial score (nSPS) is 20.2. The number of carbonyl (C=O) groups excluding carboxylic acids is 1. The van der Waals surface area contributed by atoms with E-state index in [1.54, 1.807) is 0 Å². The lowest BCUT2D eigenvalue weighted by Gasteiger charge is -2.19. The van der Waals surface area contributed by atoms with Gasteiger partial charge in [0.15, 0.2) is 0 Å². The molecule has 1 aromatic carbocycles. The fraction of sp³-hybridized carbons (Fsp3) is 0.467. The van der Waals surface area contributed by atoms with Crippen LogP contribution >= 0.6 is 0 Å². The third-order valence-corrected chi connectivity index (χ3v) is 3.88. The van der Waals surface area contributed by atoms with E-state index in [0.29, 0.717) is 24.6 Å². The number of nitrogens with zero attached hydrogens (tertiary/aromatic N) is 1. The van der Waals surface area contributed by atoms with Gasteiger partial charge >= 0.3 is 5.97 Å². The van der Waals surface area contributed by atoms with E-state index in [-0.39, 0.29) is 18.2 Å². The van der Waals surface area contributed by atoms with Gasteiger partial charge in [-0.1, -0.05) is 12.1 Å². The van der Waals surface area contributed by atoms with Crippen molar-refractivity contribution in [2.45, 2.75) is 31.6 Å². The van der Waals surface area contributed by atoms with Gasteiger partial charge in [-0.3, -0.25) is 14.4 Å². The van der Waals surface area contributed by atoms with Crippen LogP contribution in [0.15, 0.2) is 24.3 Å². The van der Waals surface area contributed by atoms with Gasteiger partial charge in [0.05, 0.1) is 25.1 Å². The summed E-state index contributed by atoms with van der Waals surface area (Å²) in [5.41, 5.74) is 1.68. The molecular formula is C15H17NO4. The standard InChI is InChI=1S/C15H17NO4/c17-14-6-7-20-16(14)12-3-1-2-11(8-12)13(9-15(18)19)10-4-5-10/h1-3,8,10,13H,4-7,9H2,(H,18,19). The number of anilines is 1. The highest BCUT2D eigenvalue weighted by atomic mass is 16.7. The Morgan fingerprint density at radius 1 is 1.45 bits per heavy atom. The van der Waals surface area contributed by atoms with Crippen molar-refractivity contribution in [2.75, 3.05) is 11.7 Å². The van der Waals surface area contributed by atoms with Gasteiger partial charge in [0, 0.05) is 0 Å². The number of amides is 1. The largest absolute Gasteiger partial charge is 0.481 e. The van der Waals surface area contributed by atoms with Gasteiger partial charge in [-0.25, -0.2) is 0 Å². The molecule has 0 spiro atoms. The molecular weight excluding hydrogens is 258 g/mol. The lowest BCUT2D eigenvalue weighted by molar-refractivity contribution is -0.137. The molecule has 1 saturated carbocycles. The molecule has 1 aliphatic carbocycles. The number of carboxylic acid groups (broad SMARTS) is 1. The zero-order chi connectivity index (χ0) is 14.1. The number of benzene rings is 1. The van der Waals surface area contributed by atoms with Gasteiger partial charge < -0.3 is 5.11 Å². The van der Waals surface area contributed by atoms with E-state index >= 15 is 0 Å². The molecule has 1 amide bonds. The van der Waals surface area contributed by atoms with Crippen molar-refractivity contribution >= 4 is 17.6 Å². The van der Waals surface area contributed by atoms with Gasteiger partial charge in [-0.2, -0.15) is 5.06 Å². The molecule has 1 N–H and O–H groups in total. The Labute approximate surface area is 117 Å². The van der Waals surface area contributed by atoms with Crippen LogP contribution in [0.1, 0.15) is 37.2 Å². The van der Waals surface area contributed by atoms with Crippen molar-refractivity contribution < 1.29 is 19.5 Å². The maximum atomic E-state index is 11.7. The van der Waals surface area contributed by atoms with Crippen molar-refractivity contribution in [3.05, 3.63) is 29.8 Å². The maximum Gasteiger partial charge on any atom is 0.303 e. The first kappa shape index (κ1) is 13.1. The van der Waals surface area contributed by atoms with E-state index in [0.717, 1.165) is 18.4 Å². The van der Waals surface area contributed by atoms with Crippen LogP contribution in [0.2, 0.25) is 0 Å². The van der Waals surface area contributed by atoms with Crippen LogP contribution in [-0.2, 0) is 14.4 Å². The molecule has 1 atom stereocenters. The van der Waals surface area contributed by atoms with Crippen LogP contribution in [0, 0.1) is 5.92 Å². The smallest absolute Gasteiger partial charge is 0.303 e. The van der Waals surface area contributed by atoms with Crippen LogP contribution in [0.5, 0.6) is 0 Å². The molecule has 1 saturated heterocycles. The van der Waals surface area contributed by atoms with Crippen molar-refractivity contribution in [3.63, 3.8) is 0 Å². The molecule has 2 fully saturated rings. The molecule has 1 aromatic rings. The Hall–Kier alpha value is -1.88. The van der Waals surface area contributed by atoms with Crippen molar-refractivity contribution in [1.82, 2.24) is 0 Å². The van der Waals surface area contributed by atoms with E-state index < -0.39 is 5.97 Å². The molecule has 0 aromatic heterocycles. The highest BCUT2D eigenvalue weighted by Crippen LogP contribution is 2.45. The predicted molar refractivity (Wildman–Crippen MR) is 72.2 cm³/mol. The summed E-state index contributed by atoms with van der Waals surface area (Å²) >= 11 is 0. The Morgan fingerprint density at radius 2 is 2.25 bits per heavy atom. The summed E-state index contributed by atoms with van der Waals surface area (Å²) in [6.45, 7) is 0.407. The van der Waals surface area contributed by atoms with Gasteiger partial charge in [0.25, 0.3) is 5.91 Å². The Kier molecular flexibility index (Phi) is 3.44. The van der Waals surface area contributed by atoms with Crippen LogP contribution < -0.4 is 5.06 Å². The average Bonchev–Trinajstić information content (AvgIpc) is 3.18. The monoisotopic (exact) mass is 275 g/mol. The van der Waals surface area contributed by atoms with E-state index in [1.165, 1.54) is 5.06 Å². The van der Waals surface area contributed by atoms with Crippen LogP contribution in [0.4, 0.5) is 5.69 Å². The fourth-order valence-electron chi connectivity index (χ4n) is 2.74. The van der Waals surface area contributed by atoms with Crippen LogP contribution in [0.3, 0.4) is 0 Å². The second kappa shape index (κ2) is 5.25. The average molecular weight is 275 g/mol. The van der Waals surface area contributed by atoms with E-state index in [1.807, 2.05) is 24.3 Å². The molecule has 3 rings (SSSR count). The van der Waals surface area contributed by atoms with Crippen molar-refractivity contribution in [1.29, 1.82) is 0 Å². The number of aliphatic carboxylic acids is 1. The molecule has 1 heterocycles. The summed E-state index contributed by atoms with van der Waals surface area (Å²) in [6.07, 6.45) is 2.71. The van der Waals surface area contributed by atoms with Crippen LogP contribution in [0.25, 0.3) is 0 Å². The van der Waals surface area contributed by atoms with E-state index in [4.69, 9.17) is 9.94 Å². The lowest BCUT2D eigenvalue weighted by atomic mass is 9.91. The number of hydrogen-bond donors (Lipinski definition) is 1. The Morgan fingerprint density at radius 3 is 2.85 bits per heavy atom. The summed E-state index contributed by atoms with van der Waals surface area (Å²) in [5.74, 6) is -0.342. The summed E-state index contributed by atoms with van der Waals surface area (Å²) in [7, 11) is 0. The third kappa shape index (κ3) is 2.67. The zero-order valence-corrected chi connectivity index (χ0v) is 11.1. The van der Waals surface area contributed by atoms with E-state index in [9.17, 15) is 9.59 Å². The maximum absolute atomic E-state index is 11.7. The van der Waals surface area contributed by atoms with Crippen LogP contribution in [-0.4, -0.2) is 23.6 Å². The predicted octanol–water partition coefficient (Wildman–Crippen LogP) is 2.32. The molecule has 5 heteroatoms. The molecule has 5 nitrogen and oxygen atoms in total. The van der Waals surface area contributed by atoms with Gasteiger partial charge in [0.2, 0.25) is 0 Å². The molecule has 1 unspecified atom stereocenters. The number of rotatable bonds is 5. The molecule has 0 bridgehead atoms. The molecule has 20 heavy (non-hydrogen) atoms. The quantitative estimate of drug-likeness (QED) is 0.895. The molecule has 2 aliphatic rings. The minimum Gasteiger partial charge on any atom is -0.481 e. The summed E-state index contributed by atoms with van der Waals surface area (Å²) < 4.78 is 0. The summed E-state index contributed by atoms with van der Waals surface area (Å²) in [6, 6.07) is 7.50. The highest BCUT2D eigenvalue weighted by Gasteiger charge is 2.34. The van der Waals surface area contributed by atoms with Gasteiger partial charge in [0.1, 0.15) is 0 Å². The fourth-order valence-corrected chi connectivity index (χ4v) is 2.74. The van der Waals surface area contributed by atoms with Crippen molar-refractivity contribution in [2.24, 2.45) is 5.92 Å². The first-order chi connectivity index (χ1) is 9.65. The first-order valence-corrected chi connectivity index (χ1v) is 6.93. The second-order valence-electron chi connectivity index (χ2n) is 5.41. The van der Waals surface area contributed by atoms with Gasteiger partial charge in [-0.05, 0) is 42.4 Å². The highest BCUT2D eigenvalue weighted by molar-refractivity contribution is 5.92.